The molecule has 0 aliphatic rings. The average Bonchev–Trinajstić information content (AvgIpc) is 3.33. The van der Waals surface area contributed by atoms with Crippen LogP contribution in [-0.2, 0) is 16.4 Å². The number of halogens is 1. The zero-order valence-electron chi connectivity index (χ0n) is 15.0. The number of nitrogens with one attached hydrogen (secondary N) is 1. The van der Waals surface area contributed by atoms with Crippen molar-refractivity contribution in [2.24, 2.45) is 0 Å². The molecule has 0 fully saturated rings. The molecule has 0 bridgehead atoms. The van der Waals surface area contributed by atoms with Crippen LogP contribution < -0.4 is 5.32 Å². The van der Waals surface area contributed by atoms with Crippen LogP contribution in [0.5, 0.6) is 0 Å². The fraction of sp³-hybridized carbons (Fsp3) is 0.111. The second-order valence-electron chi connectivity index (χ2n) is 6.20. The smallest absolute Gasteiger partial charge is 0.253 e. The fourth-order valence-electron chi connectivity index (χ4n) is 2.72. The van der Waals surface area contributed by atoms with Gasteiger partial charge in [-0.15, -0.1) is 11.3 Å². The topological polar surface area (TPSA) is 107 Å². The normalized spacial score (nSPS) is 11.7. The minimum Gasteiger partial charge on any atom is -0.347 e. The SMILES string of the molecule is CS(=O)(=O)c1ncc(CNC(=O)c2cncc3c2cnn3-c2ccc(F)cc2)s1. The number of amides is 1. The summed E-state index contributed by atoms with van der Waals surface area (Å²) < 4.78 is 37.8. The lowest BCUT2D eigenvalue weighted by Crippen LogP contribution is -2.22. The molecule has 0 radical (unpaired) electrons. The number of carbonyl (C=O) groups is 1. The molecule has 8 nitrogen and oxygen atoms in total. The van der Waals surface area contributed by atoms with Gasteiger partial charge in [0.15, 0.2) is 0 Å². The van der Waals surface area contributed by atoms with E-state index < -0.39 is 9.84 Å². The van der Waals surface area contributed by atoms with Crippen LogP contribution in [0.2, 0.25) is 0 Å². The molecular weight excluding hydrogens is 417 g/mol. The molecule has 0 saturated carbocycles. The lowest BCUT2D eigenvalue weighted by molar-refractivity contribution is 0.0952. The van der Waals surface area contributed by atoms with Crippen molar-refractivity contribution >= 4 is 38.0 Å². The van der Waals surface area contributed by atoms with Gasteiger partial charge in [-0.2, -0.15) is 5.10 Å². The second-order valence-corrected chi connectivity index (χ2v) is 9.50. The lowest BCUT2D eigenvalue weighted by atomic mass is 10.2. The van der Waals surface area contributed by atoms with E-state index in [1.54, 1.807) is 29.2 Å². The van der Waals surface area contributed by atoms with Gasteiger partial charge >= 0.3 is 0 Å². The van der Waals surface area contributed by atoms with Gasteiger partial charge in [0.05, 0.1) is 35.7 Å². The maximum Gasteiger partial charge on any atom is 0.253 e. The van der Waals surface area contributed by atoms with Crippen molar-refractivity contribution in [2.75, 3.05) is 6.26 Å². The predicted molar refractivity (Wildman–Crippen MR) is 105 cm³/mol. The molecule has 29 heavy (non-hydrogen) atoms. The number of pyridine rings is 1. The minimum atomic E-state index is -3.38. The number of nitrogens with zero attached hydrogens (tertiary/aromatic N) is 4. The highest BCUT2D eigenvalue weighted by atomic mass is 32.2. The molecular formula is C18H14FN5O3S2. The van der Waals surface area contributed by atoms with E-state index in [1.807, 2.05) is 0 Å². The summed E-state index contributed by atoms with van der Waals surface area (Å²) >= 11 is 1.01. The number of hydrogen-bond donors (Lipinski definition) is 1. The van der Waals surface area contributed by atoms with Crippen molar-refractivity contribution in [3.63, 3.8) is 0 Å². The van der Waals surface area contributed by atoms with Gasteiger partial charge in [0.25, 0.3) is 5.91 Å². The maximum atomic E-state index is 13.2. The molecule has 0 unspecified atom stereocenters. The highest BCUT2D eigenvalue weighted by molar-refractivity contribution is 7.92. The predicted octanol–water partition coefficient (Wildman–Crippen LogP) is 2.35. The number of sulfone groups is 1. The lowest BCUT2D eigenvalue weighted by Gasteiger charge is -2.06. The third-order valence-electron chi connectivity index (χ3n) is 4.09. The quantitative estimate of drug-likeness (QED) is 0.520. The average molecular weight is 431 g/mol. The summed E-state index contributed by atoms with van der Waals surface area (Å²) in [5.41, 5.74) is 1.56. The first-order valence-electron chi connectivity index (χ1n) is 8.33. The van der Waals surface area contributed by atoms with Gasteiger partial charge < -0.3 is 5.32 Å². The van der Waals surface area contributed by atoms with E-state index >= 15 is 0 Å². The Morgan fingerprint density at radius 2 is 1.93 bits per heavy atom. The van der Waals surface area contributed by atoms with Crippen LogP contribution in [0.4, 0.5) is 4.39 Å². The van der Waals surface area contributed by atoms with E-state index in [-0.39, 0.29) is 22.6 Å². The maximum absolute atomic E-state index is 13.2. The van der Waals surface area contributed by atoms with E-state index in [4.69, 9.17) is 0 Å². The zero-order valence-corrected chi connectivity index (χ0v) is 16.7. The van der Waals surface area contributed by atoms with Crippen molar-refractivity contribution in [3.8, 4) is 5.69 Å². The molecule has 0 aliphatic carbocycles. The summed E-state index contributed by atoms with van der Waals surface area (Å²) in [4.78, 5) is 21.2. The summed E-state index contributed by atoms with van der Waals surface area (Å²) in [5, 5.41) is 7.61. The van der Waals surface area contributed by atoms with Gasteiger partial charge in [0.2, 0.25) is 14.2 Å². The molecule has 0 aliphatic heterocycles. The van der Waals surface area contributed by atoms with Gasteiger partial charge in [-0.25, -0.2) is 22.5 Å². The van der Waals surface area contributed by atoms with Gasteiger partial charge in [0.1, 0.15) is 5.82 Å². The van der Waals surface area contributed by atoms with E-state index in [9.17, 15) is 17.6 Å². The van der Waals surface area contributed by atoms with Crippen LogP contribution in [0.25, 0.3) is 16.6 Å². The molecule has 0 spiro atoms. The second kappa shape index (κ2) is 7.33. The zero-order chi connectivity index (χ0) is 20.6. The number of carbonyl (C=O) groups excluding carboxylic acids is 1. The number of hydrogen-bond acceptors (Lipinski definition) is 7. The number of rotatable bonds is 5. The largest absolute Gasteiger partial charge is 0.347 e. The first kappa shape index (κ1) is 19.2. The number of aromatic nitrogens is 4. The highest BCUT2D eigenvalue weighted by Crippen LogP contribution is 2.22. The molecule has 1 aromatic carbocycles. The van der Waals surface area contributed by atoms with Crippen molar-refractivity contribution in [1.82, 2.24) is 25.1 Å². The molecule has 0 atom stereocenters. The summed E-state index contributed by atoms with van der Waals surface area (Å²) in [7, 11) is -3.38. The van der Waals surface area contributed by atoms with E-state index in [2.05, 4.69) is 20.4 Å². The first-order valence-corrected chi connectivity index (χ1v) is 11.0. The van der Waals surface area contributed by atoms with Crippen LogP contribution in [0.15, 0.2) is 53.4 Å². The standard InChI is InChI=1S/C18H14FN5O3S2/c1-29(26,27)18-22-7-13(28-18)6-21-17(25)15-8-20-10-16-14(15)9-23-24(16)12-4-2-11(19)3-5-12/h2-5,7-10H,6H2,1H3,(H,21,25). The molecule has 148 valence electrons. The molecule has 4 aromatic rings. The van der Waals surface area contributed by atoms with E-state index in [0.29, 0.717) is 27.0 Å². The van der Waals surface area contributed by atoms with Gasteiger partial charge in [-0.1, -0.05) is 0 Å². The van der Waals surface area contributed by atoms with Crippen LogP contribution >= 0.6 is 11.3 Å². The monoisotopic (exact) mass is 431 g/mol. The third kappa shape index (κ3) is 3.87. The minimum absolute atomic E-state index is 0.00564. The van der Waals surface area contributed by atoms with E-state index in [0.717, 1.165) is 17.6 Å². The number of fused-ring (bicyclic) bond motifs is 1. The fourth-order valence-corrected chi connectivity index (χ4v) is 4.47. The Morgan fingerprint density at radius 3 is 2.62 bits per heavy atom. The molecule has 0 saturated heterocycles. The number of thiazole rings is 1. The Balaban J connectivity index is 1.58. The Morgan fingerprint density at radius 1 is 1.17 bits per heavy atom. The molecule has 11 heteroatoms. The Labute approximate surface area is 169 Å². The van der Waals surface area contributed by atoms with Gasteiger partial charge in [0, 0.05) is 28.9 Å². The van der Waals surface area contributed by atoms with Gasteiger partial charge in [-0.05, 0) is 24.3 Å². The Bertz CT molecular complexity index is 1310. The molecule has 1 amide bonds. The summed E-state index contributed by atoms with van der Waals surface area (Å²) in [6.45, 7) is 0.133. The third-order valence-corrected chi connectivity index (χ3v) is 6.78. The van der Waals surface area contributed by atoms with Crippen molar-refractivity contribution < 1.29 is 17.6 Å². The molecule has 1 N–H and O–H groups in total. The van der Waals surface area contributed by atoms with Crippen molar-refractivity contribution in [1.29, 1.82) is 0 Å². The summed E-state index contributed by atoms with van der Waals surface area (Å²) in [6.07, 6.45) is 7.06. The number of benzene rings is 1. The summed E-state index contributed by atoms with van der Waals surface area (Å²) in [5.74, 6) is -0.735. The van der Waals surface area contributed by atoms with Crippen LogP contribution in [0, 0.1) is 5.82 Å². The van der Waals surface area contributed by atoms with Crippen molar-refractivity contribution in [3.05, 3.63) is 65.3 Å². The van der Waals surface area contributed by atoms with Crippen LogP contribution in [0.1, 0.15) is 15.2 Å². The van der Waals surface area contributed by atoms with Crippen LogP contribution in [0.3, 0.4) is 0 Å². The van der Waals surface area contributed by atoms with E-state index in [1.165, 1.54) is 24.5 Å². The van der Waals surface area contributed by atoms with Crippen LogP contribution in [-0.4, -0.2) is 40.3 Å². The molecule has 3 aromatic heterocycles. The summed E-state index contributed by atoms with van der Waals surface area (Å²) in [6, 6.07) is 5.81. The Hall–Kier alpha value is -3.18. The molecule has 3 heterocycles. The van der Waals surface area contributed by atoms with Crippen molar-refractivity contribution in [2.45, 2.75) is 10.9 Å². The van der Waals surface area contributed by atoms with Gasteiger partial charge in [-0.3, -0.25) is 9.78 Å². The highest BCUT2D eigenvalue weighted by Gasteiger charge is 2.16. The Kier molecular flexibility index (Phi) is 4.84. The molecule has 4 rings (SSSR count). The first-order chi connectivity index (χ1) is 13.8.